The van der Waals surface area contributed by atoms with Crippen molar-refractivity contribution in [3.8, 4) is 5.75 Å². The zero-order valence-electron chi connectivity index (χ0n) is 21.5. The number of hydrogen-bond acceptors (Lipinski definition) is 9. The summed E-state index contributed by atoms with van der Waals surface area (Å²) in [5, 5.41) is 13.1. The Morgan fingerprint density at radius 1 is 1.32 bits per heavy atom. The van der Waals surface area contributed by atoms with E-state index in [1.54, 1.807) is 42.5 Å². The van der Waals surface area contributed by atoms with E-state index < -0.39 is 56.0 Å². The van der Waals surface area contributed by atoms with E-state index in [9.17, 15) is 24.1 Å². The maximum absolute atomic E-state index is 13.5. The lowest BCUT2D eigenvalue weighted by Crippen LogP contribution is -2.36. The van der Waals surface area contributed by atoms with Gasteiger partial charge in [0.2, 0.25) is 0 Å². The summed E-state index contributed by atoms with van der Waals surface area (Å²) in [6.45, 7) is 4.84. The van der Waals surface area contributed by atoms with Gasteiger partial charge < -0.3 is 19.1 Å². The van der Waals surface area contributed by atoms with Crippen LogP contribution in [0.4, 0.5) is 0 Å². The third-order valence-electron chi connectivity index (χ3n) is 5.50. The molecule has 1 aliphatic rings. The number of aromatic amines is 1. The minimum absolute atomic E-state index is 0.00688. The van der Waals surface area contributed by atoms with E-state index in [1.807, 2.05) is 19.9 Å². The number of nitrogens with one attached hydrogen (secondary N) is 2. The van der Waals surface area contributed by atoms with Crippen LogP contribution in [0.3, 0.4) is 0 Å². The normalized spacial score (nSPS) is 21.6. The highest BCUT2D eigenvalue weighted by Crippen LogP contribution is 2.45. The average molecular weight is 550 g/mol. The topological polar surface area (TPSA) is 158 Å². The fraction of sp³-hybridized carbons (Fsp3) is 0.400. The first-order valence-electron chi connectivity index (χ1n) is 11.9. The van der Waals surface area contributed by atoms with Crippen molar-refractivity contribution in [2.45, 2.75) is 51.7 Å². The minimum Gasteiger partial charge on any atom is -0.468 e. The third kappa shape index (κ3) is 7.86. The van der Waals surface area contributed by atoms with Gasteiger partial charge in [-0.1, -0.05) is 35.9 Å². The van der Waals surface area contributed by atoms with Crippen molar-refractivity contribution in [1.82, 2.24) is 14.6 Å². The Morgan fingerprint density at radius 3 is 2.68 bits per heavy atom. The molecule has 3 N–H and O–H groups in total. The largest absolute Gasteiger partial charge is 0.468 e. The monoisotopic (exact) mass is 549 g/mol. The standard InChI is InChI=1S/C25H32N3O9P/c1-16(2)9-8-10-18-14-28(25(32)26-23(18)30)22-13-20(29)21(36-22)15-35-38(33,27-17(3)24(31)34-4)37-19-11-6-5-7-12-19/h5-12,14,17,20-22,29H,13,15H2,1-4H3,(H,27,33)(H,26,30,32)/b10-8+/t17-,20?,21?,22?,38?/m0/s1. The van der Waals surface area contributed by atoms with Gasteiger partial charge in [0.1, 0.15) is 24.1 Å². The lowest BCUT2D eigenvalue weighted by atomic mass is 10.2. The maximum Gasteiger partial charge on any atom is 0.459 e. The van der Waals surface area contributed by atoms with E-state index in [1.165, 1.54) is 24.8 Å². The number of hydrogen-bond donors (Lipinski definition) is 3. The highest BCUT2D eigenvalue weighted by atomic mass is 31.2. The highest BCUT2D eigenvalue weighted by Gasteiger charge is 2.39. The van der Waals surface area contributed by atoms with Gasteiger partial charge >= 0.3 is 19.4 Å². The van der Waals surface area contributed by atoms with Crippen LogP contribution in [0, 0.1) is 0 Å². The molecule has 1 fully saturated rings. The van der Waals surface area contributed by atoms with Crippen LogP contribution in [0.2, 0.25) is 0 Å². The van der Waals surface area contributed by atoms with Gasteiger partial charge in [-0.05, 0) is 39.0 Å². The molecule has 0 bridgehead atoms. The van der Waals surface area contributed by atoms with Gasteiger partial charge in [0, 0.05) is 12.6 Å². The van der Waals surface area contributed by atoms with Crippen LogP contribution in [0.25, 0.3) is 6.08 Å². The number of esters is 1. The van der Waals surface area contributed by atoms with Gasteiger partial charge in [-0.2, -0.15) is 5.09 Å². The van der Waals surface area contributed by atoms with Crippen LogP contribution in [0.15, 0.2) is 63.8 Å². The molecular formula is C25H32N3O9P. The Balaban J connectivity index is 1.76. The summed E-state index contributed by atoms with van der Waals surface area (Å²) in [6.07, 6.45) is 3.39. The molecule has 0 aliphatic carbocycles. The Kier molecular flexibility index (Phi) is 10.0. The summed E-state index contributed by atoms with van der Waals surface area (Å²) >= 11 is 0. The minimum atomic E-state index is -4.15. The summed E-state index contributed by atoms with van der Waals surface area (Å²) in [7, 11) is -2.96. The lowest BCUT2D eigenvalue weighted by molar-refractivity contribution is -0.142. The zero-order valence-corrected chi connectivity index (χ0v) is 22.4. The molecule has 206 valence electrons. The number of allylic oxidation sites excluding steroid dienone is 3. The number of carbonyl (C=O) groups excluding carboxylic acids is 1. The van der Waals surface area contributed by atoms with E-state index in [-0.39, 0.29) is 17.7 Å². The second kappa shape index (κ2) is 13.0. The molecule has 0 saturated carbocycles. The number of aromatic nitrogens is 2. The smallest absolute Gasteiger partial charge is 0.459 e. The number of aliphatic hydroxyl groups is 1. The van der Waals surface area contributed by atoms with Crippen molar-refractivity contribution in [1.29, 1.82) is 0 Å². The first-order chi connectivity index (χ1) is 18.0. The van der Waals surface area contributed by atoms with Crippen molar-refractivity contribution in [3.63, 3.8) is 0 Å². The molecule has 0 amide bonds. The molecule has 38 heavy (non-hydrogen) atoms. The number of carbonyl (C=O) groups is 1. The van der Waals surface area contributed by atoms with E-state index in [4.69, 9.17) is 13.8 Å². The molecule has 2 heterocycles. The van der Waals surface area contributed by atoms with Gasteiger partial charge in [-0.3, -0.25) is 23.7 Å². The van der Waals surface area contributed by atoms with Gasteiger partial charge in [0.05, 0.1) is 25.4 Å². The van der Waals surface area contributed by atoms with Crippen LogP contribution in [-0.2, 0) is 23.4 Å². The second-order valence-electron chi connectivity index (χ2n) is 8.86. The van der Waals surface area contributed by atoms with Crippen molar-refractivity contribution in [2.24, 2.45) is 0 Å². The van der Waals surface area contributed by atoms with Crippen molar-refractivity contribution >= 4 is 19.8 Å². The first kappa shape index (κ1) is 29.3. The summed E-state index contributed by atoms with van der Waals surface area (Å²) in [5.41, 5.74) is -0.0191. The number of H-pyrrole nitrogens is 1. The van der Waals surface area contributed by atoms with E-state index in [2.05, 4.69) is 14.8 Å². The van der Waals surface area contributed by atoms with E-state index in [0.29, 0.717) is 0 Å². The van der Waals surface area contributed by atoms with E-state index >= 15 is 0 Å². The molecule has 3 rings (SSSR count). The summed E-state index contributed by atoms with van der Waals surface area (Å²) in [5.74, 6) is -0.464. The second-order valence-corrected chi connectivity index (χ2v) is 10.6. The Labute approximate surface area is 219 Å². The number of ether oxygens (including phenoxy) is 2. The summed E-state index contributed by atoms with van der Waals surface area (Å²) in [4.78, 5) is 38.8. The van der Waals surface area contributed by atoms with Gasteiger partial charge in [-0.25, -0.2) is 9.36 Å². The Morgan fingerprint density at radius 2 is 2.03 bits per heavy atom. The summed E-state index contributed by atoms with van der Waals surface area (Å²) < 4.78 is 36.3. The van der Waals surface area contributed by atoms with Gasteiger partial charge in [0.15, 0.2) is 0 Å². The molecule has 4 unspecified atom stereocenters. The first-order valence-corrected chi connectivity index (χ1v) is 13.4. The number of nitrogens with zero attached hydrogens (tertiary/aromatic N) is 1. The van der Waals surface area contributed by atoms with Crippen LogP contribution in [0.1, 0.15) is 39.0 Å². The Bertz CT molecular complexity index is 1330. The quantitative estimate of drug-likeness (QED) is 0.216. The molecule has 12 nitrogen and oxygen atoms in total. The van der Waals surface area contributed by atoms with Crippen LogP contribution in [-0.4, -0.2) is 52.6 Å². The molecule has 1 aromatic carbocycles. The molecule has 0 spiro atoms. The molecule has 5 atom stereocenters. The molecule has 1 saturated heterocycles. The van der Waals surface area contributed by atoms with Crippen LogP contribution < -0.4 is 20.9 Å². The highest BCUT2D eigenvalue weighted by molar-refractivity contribution is 7.52. The fourth-order valence-electron chi connectivity index (χ4n) is 3.56. The van der Waals surface area contributed by atoms with Crippen LogP contribution in [0.5, 0.6) is 5.75 Å². The number of para-hydroxylation sites is 1. The Hall–Kier alpha value is -3.28. The number of benzene rings is 1. The third-order valence-corrected chi connectivity index (χ3v) is 7.14. The predicted molar refractivity (Wildman–Crippen MR) is 140 cm³/mol. The summed E-state index contributed by atoms with van der Waals surface area (Å²) in [6, 6.07) is 7.17. The van der Waals surface area contributed by atoms with Crippen molar-refractivity contribution < 1.29 is 33.0 Å². The molecular weight excluding hydrogens is 517 g/mol. The molecule has 13 heteroatoms. The SMILES string of the molecule is COC(=O)[C@H](C)NP(=O)(OCC1OC(n2cc(/C=C/C=C(C)C)c(=O)[nH]c2=O)CC1O)Oc1ccccc1. The fourth-order valence-corrected chi connectivity index (χ4v) is 5.06. The lowest BCUT2D eigenvalue weighted by Gasteiger charge is -2.24. The average Bonchev–Trinajstić information content (AvgIpc) is 3.24. The number of methoxy groups -OCH3 is 1. The molecule has 1 aromatic heterocycles. The number of rotatable bonds is 11. The maximum atomic E-state index is 13.5. The van der Waals surface area contributed by atoms with Gasteiger partial charge in [-0.15, -0.1) is 0 Å². The zero-order chi connectivity index (χ0) is 27.9. The van der Waals surface area contributed by atoms with E-state index in [0.717, 1.165) is 5.57 Å². The van der Waals surface area contributed by atoms with Crippen molar-refractivity contribution in [2.75, 3.05) is 13.7 Å². The molecule has 1 aliphatic heterocycles. The number of aliphatic hydroxyl groups excluding tert-OH is 1. The predicted octanol–water partition coefficient (Wildman–Crippen LogP) is 2.52. The van der Waals surface area contributed by atoms with Crippen LogP contribution >= 0.6 is 7.75 Å². The molecule has 0 radical (unpaired) electrons. The van der Waals surface area contributed by atoms with Crippen molar-refractivity contribution in [3.05, 3.63) is 80.7 Å². The molecule has 2 aromatic rings. The van der Waals surface area contributed by atoms with Gasteiger partial charge in [0.25, 0.3) is 5.56 Å².